The van der Waals surface area contributed by atoms with Crippen LogP contribution < -0.4 is 0 Å². The second-order valence-electron chi connectivity index (χ2n) is 5.88. The third-order valence-corrected chi connectivity index (χ3v) is 4.97. The van der Waals surface area contributed by atoms with Crippen LogP contribution in [0.25, 0.3) is 0 Å². The van der Waals surface area contributed by atoms with Crippen molar-refractivity contribution in [1.29, 1.82) is 0 Å². The van der Waals surface area contributed by atoms with E-state index in [1.165, 1.54) is 29.2 Å². The molecule has 0 saturated heterocycles. The fraction of sp³-hybridized carbons (Fsp3) is 0.316. The number of benzene rings is 2. The number of fused-ring (bicyclic) bond motifs is 7. The summed E-state index contributed by atoms with van der Waals surface area (Å²) in [6.07, 6.45) is 1.89. The van der Waals surface area contributed by atoms with Crippen LogP contribution in [0.5, 0.6) is 0 Å². The molecule has 0 saturated carbocycles. The maximum Gasteiger partial charge on any atom is 0.116 e. The Balaban J connectivity index is 0.000000409. The van der Waals surface area contributed by atoms with Crippen LogP contribution in [0.15, 0.2) is 48.5 Å². The molecule has 0 aliphatic carbocycles. The molecular formula is C19H21NO. The molecule has 2 bridgehead atoms. The lowest BCUT2D eigenvalue weighted by Crippen LogP contribution is -2.42. The molecule has 2 aromatic rings. The van der Waals surface area contributed by atoms with Crippen LogP contribution in [0.1, 0.15) is 42.1 Å². The molecule has 0 spiro atoms. The average molecular weight is 279 g/mol. The number of nitrogens with zero attached hydrogens (tertiary/aromatic N) is 1. The summed E-state index contributed by atoms with van der Waals surface area (Å²) in [6, 6.07) is 18.4. The van der Waals surface area contributed by atoms with E-state index in [0.717, 1.165) is 12.7 Å². The number of likely N-dealkylation sites (N-methyl/N-ethyl adjacent to an activating group) is 1. The Hall–Kier alpha value is -1.93. The maximum absolute atomic E-state index is 8.81. The van der Waals surface area contributed by atoms with E-state index in [1.54, 1.807) is 0 Å². The van der Waals surface area contributed by atoms with Gasteiger partial charge in [0.15, 0.2) is 0 Å². The summed E-state index contributed by atoms with van der Waals surface area (Å²) in [5.41, 5.74) is 6.05. The number of carbonyl (C=O) groups is 1. The van der Waals surface area contributed by atoms with E-state index in [1.807, 2.05) is 0 Å². The van der Waals surface area contributed by atoms with Crippen LogP contribution in [0.2, 0.25) is 0 Å². The van der Waals surface area contributed by atoms with E-state index in [2.05, 4.69) is 67.4 Å². The van der Waals surface area contributed by atoms with E-state index >= 15 is 0 Å². The number of aldehydes is 1. The Morgan fingerprint density at radius 2 is 1.67 bits per heavy atom. The molecule has 2 aliphatic rings. The summed E-state index contributed by atoms with van der Waals surface area (Å²) < 4.78 is 0. The van der Waals surface area contributed by atoms with Crippen LogP contribution >= 0.6 is 0 Å². The van der Waals surface area contributed by atoms with E-state index in [0.29, 0.717) is 6.04 Å². The standard InChI is InChI=1S/C17H17N.C2H4O/c1-17-14-9-5-3-7-12(14)11-16(18(17)2)13-8-4-6-10-15(13)17;1-2-3/h3-10,16H,11H2,1-2H3;2H,1H3/t16-,17+;/m0./s1. The Kier molecular flexibility index (Phi) is 3.42. The molecule has 21 heavy (non-hydrogen) atoms. The smallest absolute Gasteiger partial charge is 0.116 e. The van der Waals surface area contributed by atoms with Gasteiger partial charge in [-0.15, -0.1) is 0 Å². The molecule has 0 unspecified atom stereocenters. The van der Waals surface area contributed by atoms with Crippen molar-refractivity contribution in [3.8, 4) is 0 Å². The van der Waals surface area contributed by atoms with E-state index in [-0.39, 0.29) is 5.54 Å². The first-order valence-electron chi connectivity index (χ1n) is 7.45. The van der Waals surface area contributed by atoms with Crippen molar-refractivity contribution in [2.24, 2.45) is 0 Å². The van der Waals surface area contributed by atoms with E-state index in [9.17, 15) is 0 Å². The molecular weight excluding hydrogens is 258 g/mol. The lowest BCUT2D eigenvalue weighted by atomic mass is 9.81. The first-order valence-corrected chi connectivity index (χ1v) is 7.45. The molecule has 0 fully saturated rings. The normalized spacial score (nSPS) is 25.4. The zero-order valence-corrected chi connectivity index (χ0v) is 12.8. The molecule has 2 heteroatoms. The fourth-order valence-corrected chi connectivity index (χ4v) is 3.90. The highest BCUT2D eigenvalue weighted by atomic mass is 16.1. The van der Waals surface area contributed by atoms with Crippen LogP contribution in [0, 0.1) is 0 Å². The van der Waals surface area contributed by atoms with Gasteiger partial charge in [0.25, 0.3) is 0 Å². The van der Waals surface area contributed by atoms with Crippen molar-refractivity contribution in [2.45, 2.75) is 31.8 Å². The quantitative estimate of drug-likeness (QED) is 0.685. The predicted molar refractivity (Wildman–Crippen MR) is 85.3 cm³/mol. The first kappa shape index (κ1) is 14.0. The van der Waals surface area contributed by atoms with Crippen molar-refractivity contribution >= 4 is 6.29 Å². The van der Waals surface area contributed by atoms with Gasteiger partial charge < -0.3 is 4.79 Å². The molecule has 2 aliphatic heterocycles. The number of hydrogen-bond acceptors (Lipinski definition) is 2. The Labute approximate surface area is 126 Å². The first-order chi connectivity index (χ1) is 10.1. The van der Waals surface area contributed by atoms with Gasteiger partial charge in [-0.05, 0) is 49.6 Å². The Morgan fingerprint density at radius 1 is 1.10 bits per heavy atom. The SMILES string of the molecule is CC=O.CN1[C@H]2Cc3ccccc3[C@]1(C)c1ccccc12. The average Bonchev–Trinajstić information content (AvgIpc) is 2.65. The molecule has 2 aromatic carbocycles. The summed E-state index contributed by atoms with van der Waals surface area (Å²) in [5.74, 6) is 0. The van der Waals surface area contributed by atoms with Crippen molar-refractivity contribution in [1.82, 2.24) is 4.90 Å². The van der Waals surface area contributed by atoms with E-state index in [4.69, 9.17) is 4.79 Å². The Morgan fingerprint density at radius 3 is 2.38 bits per heavy atom. The van der Waals surface area contributed by atoms with Gasteiger partial charge in [-0.3, -0.25) is 4.90 Å². The van der Waals surface area contributed by atoms with Crippen LogP contribution in [-0.2, 0) is 16.8 Å². The summed E-state index contributed by atoms with van der Waals surface area (Å²) in [4.78, 5) is 11.3. The van der Waals surface area contributed by atoms with Gasteiger partial charge in [0.2, 0.25) is 0 Å². The highest BCUT2D eigenvalue weighted by Crippen LogP contribution is 2.54. The largest absolute Gasteiger partial charge is 0.304 e. The van der Waals surface area contributed by atoms with E-state index < -0.39 is 0 Å². The molecule has 0 aromatic heterocycles. The summed E-state index contributed by atoms with van der Waals surface area (Å²) in [7, 11) is 2.26. The van der Waals surface area contributed by atoms with Gasteiger partial charge in [0, 0.05) is 6.04 Å². The van der Waals surface area contributed by atoms with Gasteiger partial charge in [-0.1, -0.05) is 48.5 Å². The van der Waals surface area contributed by atoms with Gasteiger partial charge in [0.05, 0.1) is 5.54 Å². The van der Waals surface area contributed by atoms with Crippen molar-refractivity contribution in [3.63, 3.8) is 0 Å². The van der Waals surface area contributed by atoms with Crippen LogP contribution in [0.4, 0.5) is 0 Å². The minimum Gasteiger partial charge on any atom is -0.304 e. The molecule has 0 amide bonds. The van der Waals surface area contributed by atoms with Gasteiger partial charge in [-0.2, -0.15) is 0 Å². The highest BCUT2D eigenvalue weighted by molar-refractivity contribution is 5.54. The lowest BCUT2D eigenvalue weighted by Gasteiger charge is -2.42. The van der Waals surface area contributed by atoms with Gasteiger partial charge >= 0.3 is 0 Å². The minimum atomic E-state index is 0.0517. The van der Waals surface area contributed by atoms with Gasteiger partial charge in [-0.25, -0.2) is 0 Å². The summed E-state index contributed by atoms with van der Waals surface area (Å²) in [5, 5.41) is 0. The lowest BCUT2D eigenvalue weighted by molar-refractivity contribution is -0.106. The summed E-state index contributed by atoms with van der Waals surface area (Å²) in [6.45, 7) is 3.81. The highest BCUT2D eigenvalue weighted by Gasteiger charge is 2.49. The summed E-state index contributed by atoms with van der Waals surface area (Å²) >= 11 is 0. The zero-order chi connectivity index (χ0) is 15.0. The minimum absolute atomic E-state index is 0.0517. The second-order valence-corrected chi connectivity index (χ2v) is 5.88. The molecule has 2 heterocycles. The van der Waals surface area contributed by atoms with Crippen LogP contribution in [0.3, 0.4) is 0 Å². The Bertz CT molecular complexity index is 666. The molecule has 2 nitrogen and oxygen atoms in total. The molecule has 0 N–H and O–H groups in total. The monoisotopic (exact) mass is 279 g/mol. The third kappa shape index (κ3) is 1.86. The predicted octanol–water partition coefficient (Wildman–Crippen LogP) is 3.70. The number of hydrogen-bond donors (Lipinski definition) is 0. The van der Waals surface area contributed by atoms with Crippen molar-refractivity contribution in [3.05, 3.63) is 70.8 Å². The van der Waals surface area contributed by atoms with Crippen molar-refractivity contribution in [2.75, 3.05) is 7.05 Å². The number of carbonyl (C=O) groups excluding carboxylic acids is 1. The zero-order valence-electron chi connectivity index (χ0n) is 12.8. The van der Waals surface area contributed by atoms with Crippen molar-refractivity contribution < 1.29 is 4.79 Å². The molecule has 4 rings (SSSR count). The topological polar surface area (TPSA) is 20.3 Å². The molecule has 108 valence electrons. The molecule has 0 radical (unpaired) electrons. The second kappa shape index (κ2) is 5.12. The van der Waals surface area contributed by atoms with Crippen LogP contribution in [-0.4, -0.2) is 18.2 Å². The number of rotatable bonds is 0. The van der Waals surface area contributed by atoms with Gasteiger partial charge in [0.1, 0.15) is 6.29 Å². The third-order valence-electron chi connectivity index (χ3n) is 4.97. The molecule has 2 atom stereocenters. The fourth-order valence-electron chi connectivity index (χ4n) is 3.90. The maximum atomic E-state index is 8.81.